The third-order valence-corrected chi connectivity index (χ3v) is 3.26. The molecular formula is C11H23N3O. The third-order valence-electron chi connectivity index (χ3n) is 3.26. The molecule has 1 aliphatic heterocycles. The number of hydrogen-bond acceptors (Lipinski definition) is 3. The Morgan fingerprint density at radius 3 is 3.00 bits per heavy atom. The Kier molecular flexibility index (Phi) is 5.05. The summed E-state index contributed by atoms with van der Waals surface area (Å²) in [5, 5.41) is 0. The Morgan fingerprint density at radius 2 is 2.40 bits per heavy atom. The van der Waals surface area contributed by atoms with Gasteiger partial charge in [0.2, 0.25) is 5.91 Å². The van der Waals surface area contributed by atoms with Gasteiger partial charge in [0.05, 0.1) is 0 Å². The molecule has 0 aliphatic carbocycles. The van der Waals surface area contributed by atoms with Crippen molar-refractivity contribution in [3.8, 4) is 0 Å². The van der Waals surface area contributed by atoms with E-state index in [0.717, 1.165) is 12.3 Å². The lowest BCUT2D eigenvalue weighted by atomic mass is 9.98. The molecule has 15 heavy (non-hydrogen) atoms. The fourth-order valence-electron chi connectivity index (χ4n) is 2.22. The van der Waals surface area contributed by atoms with Gasteiger partial charge in [-0.05, 0) is 38.6 Å². The van der Waals surface area contributed by atoms with Gasteiger partial charge in [-0.15, -0.1) is 0 Å². The molecule has 0 spiro atoms. The largest absolute Gasteiger partial charge is 0.300 e. The average Bonchev–Trinajstić information content (AvgIpc) is 2.25. The minimum Gasteiger partial charge on any atom is -0.300 e. The number of carbonyl (C=O) groups excluding carboxylic acids is 1. The van der Waals surface area contributed by atoms with Crippen molar-refractivity contribution < 1.29 is 4.79 Å². The van der Waals surface area contributed by atoms with Crippen molar-refractivity contribution in [1.29, 1.82) is 0 Å². The van der Waals surface area contributed by atoms with E-state index in [1.807, 2.05) is 0 Å². The van der Waals surface area contributed by atoms with E-state index in [1.54, 1.807) is 0 Å². The highest BCUT2D eigenvalue weighted by Gasteiger charge is 2.20. The van der Waals surface area contributed by atoms with Crippen LogP contribution in [-0.4, -0.2) is 29.9 Å². The standard InChI is InChI=1S/C11H23N3O/c1-9-4-3-7-14(8-9)10(2)5-6-11(15)13-12/h9-10H,3-8,12H2,1-2H3,(H,13,15). The lowest BCUT2D eigenvalue weighted by Crippen LogP contribution is -2.41. The molecule has 3 N–H and O–H groups in total. The van der Waals surface area contributed by atoms with Crippen molar-refractivity contribution in [2.24, 2.45) is 11.8 Å². The molecule has 4 heteroatoms. The van der Waals surface area contributed by atoms with Gasteiger partial charge in [-0.25, -0.2) is 5.84 Å². The highest BCUT2D eigenvalue weighted by atomic mass is 16.2. The monoisotopic (exact) mass is 213 g/mol. The first-order chi connectivity index (χ1) is 7.13. The summed E-state index contributed by atoms with van der Waals surface area (Å²) in [6, 6.07) is 0.491. The molecule has 0 saturated carbocycles. The van der Waals surface area contributed by atoms with Gasteiger partial charge < -0.3 is 4.90 Å². The number of piperidine rings is 1. The zero-order valence-corrected chi connectivity index (χ0v) is 9.83. The molecule has 1 saturated heterocycles. The van der Waals surface area contributed by atoms with Gasteiger partial charge in [-0.3, -0.25) is 10.2 Å². The first kappa shape index (κ1) is 12.5. The number of hydrazine groups is 1. The van der Waals surface area contributed by atoms with E-state index in [9.17, 15) is 4.79 Å². The first-order valence-corrected chi connectivity index (χ1v) is 5.87. The Balaban J connectivity index is 2.26. The molecule has 0 aromatic heterocycles. The molecule has 0 aromatic carbocycles. The maximum Gasteiger partial charge on any atom is 0.233 e. The predicted molar refractivity (Wildman–Crippen MR) is 61.0 cm³/mol. The number of nitrogens with zero attached hydrogens (tertiary/aromatic N) is 1. The molecule has 0 radical (unpaired) electrons. The number of rotatable bonds is 4. The van der Waals surface area contributed by atoms with Crippen LogP contribution in [-0.2, 0) is 4.79 Å². The van der Waals surface area contributed by atoms with Gasteiger partial charge >= 0.3 is 0 Å². The highest BCUT2D eigenvalue weighted by Crippen LogP contribution is 2.19. The Morgan fingerprint density at radius 1 is 1.67 bits per heavy atom. The van der Waals surface area contributed by atoms with Crippen molar-refractivity contribution in [3.63, 3.8) is 0 Å². The number of carbonyl (C=O) groups is 1. The van der Waals surface area contributed by atoms with E-state index < -0.39 is 0 Å². The number of hydrogen-bond donors (Lipinski definition) is 2. The molecule has 1 aliphatic rings. The Hall–Kier alpha value is -0.610. The van der Waals surface area contributed by atoms with Crippen LogP contribution in [0.5, 0.6) is 0 Å². The summed E-state index contributed by atoms with van der Waals surface area (Å²) in [5.41, 5.74) is 2.17. The topological polar surface area (TPSA) is 58.4 Å². The first-order valence-electron chi connectivity index (χ1n) is 5.87. The van der Waals surface area contributed by atoms with Gasteiger partial charge in [0.1, 0.15) is 0 Å². The van der Waals surface area contributed by atoms with Gasteiger partial charge in [-0.1, -0.05) is 6.92 Å². The van der Waals surface area contributed by atoms with E-state index >= 15 is 0 Å². The average molecular weight is 213 g/mol. The van der Waals surface area contributed by atoms with Crippen LogP contribution in [0.2, 0.25) is 0 Å². The number of nitrogens with one attached hydrogen (secondary N) is 1. The van der Waals surface area contributed by atoms with Crippen LogP contribution in [0.3, 0.4) is 0 Å². The summed E-state index contributed by atoms with van der Waals surface area (Å²) in [6.45, 7) is 6.84. The van der Waals surface area contributed by atoms with Crippen molar-refractivity contribution in [2.75, 3.05) is 13.1 Å². The fraction of sp³-hybridized carbons (Fsp3) is 0.909. The summed E-state index contributed by atoms with van der Waals surface area (Å²) in [4.78, 5) is 13.5. The van der Waals surface area contributed by atoms with E-state index in [0.29, 0.717) is 12.5 Å². The van der Waals surface area contributed by atoms with Crippen LogP contribution in [0.4, 0.5) is 0 Å². The molecule has 2 unspecified atom stereocenters. The van der Waals surface area contributed by atoms with Crippen LogP contribution < -0.4 is 11.3 Å². The predicted octanol–water partition coefficient (Wildman–Crippen LogP) is 0.877. The van der Waals surface area contributed by atoms with Gasteiger partial charge in [0.25, 0.3) is 0 Å². The molecular weight excluding hydrogens is 190 g/mol. The van der Waals surface area contributed by atoms with E-state index in [2.05, 4.69) is 24.2 Å². The summed E-state index contributed by atoms with van der Waals surface area (Å²) in [5.74, 6) is 5.78. The van der Waals surface area contributed by atoms with Gasteiger partial charge in [-0.2, -0.15) is 0 Å². The number of amides is 1. The lowest BCUT2D eigenvalue weighted by molar-refractivity contribution is -0.121. The van der Waals surface area contributed by atoms with Crippen LogP contribution >= 0.6 is 0 Å². The molecule has 1 heterocycles. The normalized spacial score (nSPS) is 24.9. The molecule has 1 amide bonds. The number of likely N-dealkylation sites (tertiary alicyclic amines) is 1. The van der Waals surface area contributed by atoms with Crippen LogP contribution in [0.25, 0.3) is 0 Å². The minimum atomic E-state index is -0.0630. The zero-order valence-electron chi connectivity index (χ0n) is 9.83. The van der Waals surface area contributed by atoms with E-state index in [1.165, 1.54) is 25.9 Å². The zero-order chi connectivity index (χ0) is 11.3. The fourth-order valence-corrected chi connectivity index (χ4v) is 2.22. The Bertz CT molecular complexity index is 208. The molecule has 88 valence electrons. The summed E-state index contributed by atoms with van der Waals surface area (Å²) in [6.07, 6.45) is 4.05. The lowest BCUT2D eigenvalue weighted by Gasteiger charge is -2.35. The van der Waals surface area contributed by atoms with Crippen molar-refractivity contribution in [3.05, 3.63) is 0 Å². The van der Waals surface area contributed by atoms with E-state index in [-0.39, 0.29) is 5.91 Å². The smallest absolute Gasteiger partial charge is 0.233 e. The van der Waals surface area contributed by atoms with Crippen molar-refractivity contribution >= 4 is 5.91 Å². The third kappa shape index (κ3) is 4.18. The van der Waals surface area contributed by atoms with Crippen molar-refractivity contribution in [2.45, 2.75) is 45.6 Å². The second-order valence-electron chi connectivity index (χ2n) is 4.70. The van der Waals surface area contributed by atoms with Crippen LogP contribution in [0.15, 0.2) is 0 Å². The summed E-state index contributed by atoms with van der Waals surface area (Å²) >= 11 is 0. The number of nitrogens with two attached hydrogens (primary N) is 1. The molecule has 4 nitrogen and oxygen atoms in total. The maximum atomic E-state index is 11.0. The molecule has 1 fully saturated rings. The summed E-state index contributed by atoms with van der Waals surface area (Å²) < 4.78 is 0. The van der Waals surface area contributed by atoms with E-state index in [4.69, 9.17) is 5.84 Å². The Labute approximate surface area is 92.2 Å². The quantitative estimate of drug-likeness (QED) is 0.414. The molecule has 1 rings (SSSR count). The summed E-state index contributed by atoms with van der Waals surface area (Å²) in [7, 11) is 0. The van der Waals surface area contributed by atoms with Crippen molar-refractivity contribution in [1.82, 2.24) is 10.3 Å². The van der Waals surface area contributed by atoms with Gasteiger partial charge in [0.15, 0.2) is 0 Å². The molecule has 2 atom stereocenters. The minimum absolute atomic E-state index is 0.0630. The van der Waals surface area contributed by atoms with Crippen LogP contribution in [0.1, 0.15) is 39.5 Å². The maximum absolute atomic E-state index is 11.0. The molecule has 0 bridgehead atoms. The van der Waals surface area contributed by atoms with Crippen LogP contribution in [0, 0.1) is 5.92 Å². The van der Waals surface area contributed by atoms with Gasteiger partial charge in [0, 0.05) is 19.0 Å². The second kappa shape index (κ2) is 6.08. The SMILES string of the molecule is CC1CCCN(C(C)CCC(=O)NN)C1. The molecule has 0 aromatic rings. The highest BCUT2D eigenvalue weighted by molar-refractivity contribution is 5.75. The second-order valence-corrected chi connectivity index (χ2v) is 4.70.